The van der Waals surface area contributed by atoms with Gasteiger partial charge in [-0.25, -0.2) is 4.98 Å². The van der Waals surface area contributed by atoms with Gasteiger partial charge in [0.1, 0.15) is 5.56 Å². The van der Waals surface area contributed by atoms with Crippen molar-refractivity contribution in [3.63, 3.8) is 0 Å². The maximum Gasteiger partial charge on any atom is 0.271 e. The number of carbonyl (C=O) groups is 1. The second-order valence-corrected chi connectivity index (χ2v) is 7.25. The highest BCUT2D eigenvalue weighted by molar-refractivity contribution is 7.15. The van der Waals surface area contributed by atoms with Crippen LogP contribution in [0.25, 0.3) is 16.2 Å². The lowest BCUT2D eigenvalue weighted by Gasteiger charge is -2.16. The number of amides is 1. The largest absolute Gasteiger partial charge is 0.308 e. The number of para-hydroxylation sites is 1. The van der Waals surface area contributed by atoms with Gasteiger partial charge in [-0.05, 0) is 23.6 Å². The van der Waals surface area contributed by atoms with Gasteiger partial charge in [-0.2, -0.15) is 0 Å². The van der Waals surface area contributed by atoms with Crippen LogP contribution in [-0.4, -0.2) is 21.8 Å². The molecule has 2 aromatic heterocycles. The normalized spacial score (nSPS) is 13.1. The average molecular weight is 373 g/mol. The molecule has 0 fully saturated rings. The average Bonchev–Trinajstić information content (AvgIpc) is 3.33. The van der Waals surface area contributed by atoms with Crippen molar-refractivity contribution in [3.8, 4) is 11.3 Å². The summed E-state index contributed by atoms with van der Waals surface area (Å²) in [5.74, 6) is -0.294. The molecule has 132 valence electrons. The van der Waals surface area contributed by atoms with Crippen molar-refractivity contribution in [2.75, 3.05) is 11.4 Å². The Morgan fingerprint density at radius 3 is 2.67 bits per heavy atom. The van der Waals surface area contributed by atoms with Crippen molar-refractivity contribution in [1.82, 2.24) is 9.38 Å². The van der Waals surface area contributed by atoms with Crippen molar-refractivity contribution >= 4 is 27.9 Å². The summed E-state index contributed by atoms with van der Waals surface area (Å²) in [6.45, 7) is 0.579. The van der Waals surface area contributed by atoms with E-state index in [2.05, 4.69) is 4.98 Å². The fourth-order valence-electron chi connectivity index (χ4n) is 3.54. The molecule has 0 unspecified atom stereocenters. The monoisotopic (exact) mass is 373 g/mol. The third-order valence-electron chi connectivity index (χ3n) is 4.88. The Balaban J connectivity index is 1.64. The van der Waals surface area contributed by atoms with Crippen molar-refractivity contribution in [1.29, 1.82) is 0 Å². The topological polar surface area (TPSA) is 54.7 Å². The van der Waals surface area contributed by atoms with E-state index in [-0.39, 0.29) is 17.0 Å². The molecular formula is C21H15N3O2S. The zero-order valence-corrected chi connectivity index (χ0v) is 15.1. The number of fused-ring (bicyclic) bond motifs is 2. The Hall–Kier alpha value is -3.25. The van der Waals surface area contributed by atoms with E-state index in [1.165, 1.54) is 21.9 Å². The summed E-state index contributed by atoms with van der Waals surface area (Å²) in [5, 5.41) is 1.90. The lowest BCUT2D eigenvalue weighted by Crippen LogP contribution is -2.34. The number of benzene rings is 2. The Kier molecular flexibility index (Phi) is 3.65. The molecule has 1 aliphatic rings. The molecule has 2 aromatic carbocycles. The standard InChI is InChI=1S/C21H15N3O2S/c25-19(23-11-10-15-8-4-5-9-17(15)23)16-12-22-21-24(20(16)26)18(13-27-21)14-6-2-1-3-7-14/h1-9,12-13H,10-11H2. The predicted octanol–water partition coefficient (Wildman–Crippen LogP) is 3.63. The molecule has 0 spiro atoms. The third kappa shape index (κ3) is 2.49. The molecule has 6 heteroatoms. The summed E-state index contributed by atoms with van der Waals surface area (Å²) < 4.78 is 1.54. The first-order valence-corrected chi connectivity index (χ1v) is 9.56. The summed E-state index contributed by atoms with van der Waals surface area (Å²) >= 11 is 1.39. The number of aromatic nitrogens is 2. The van der Waals surface area contributed by atoms with Crippen LogP contribution in [-0.2, 0) is 6.42 Å². The van der Waals surface area contributed by atoms with Crippen molar-refractivity contribution in [3.05, 3.63) is 87.7 Å². The van der Waals surface area contributed by atoms with E-state index >= 15 is 0 Å². The number of anilines is 1. The summed E-state index contributed by atoms with van der Waals surface area (Å²) in [6, 6.07) is 17.5. The lowest BCUT2D eigenvalue weighted by molar-refractivity contribution is 0.0987. The van der Waals surface area contributed by atoms with E-state index in [0.717, 1.165) is 28.9 Å². The minimum atomic E-state index is -0.325. The molecule has 5 nitrogen and oxygen atoms in total. The molecule has 5 rings (SSSR count). The fraction of sp³-hybridized carbons (Fsp3) is 0.0952. The highest BCUT2D eigenvalue weighted by Crippen LogP contribution is 2.29. The number of thiazole rings is 1. The van der Waals surface area contributed by atoms with Crippen LogP contribution in [0.15, 0.2) is 71.0 Å². The van der Waals surface area contributed by atoms with Crippen LogP contribution in [0.1, 0.15) is 15.9 Å². The van der Waals surface area contributed by atoms with Crippen LogP contribution < -0.4 is 10.5 Å². The van der Waals surface area contributed by atoms with Gasteiger partial charge in [0.25, 0.3) is 11.5 Å². The van der Waals surface area contributed by atoms with Gasteiger partial charge in [0.05, 0.1) is 5.69 Å². The first-order valence-electron chi connectivity index (χ1n) is 8.68. The van der Waals surface area contributed by atoms with E-state index in [9.17, 15) is 9.59 Å². The molecule has 0 saturated heterocycles. The first kappa shape index (κ1) is 16.0. The van der Waals surface area contributed by atoms with E-state index in [0.29, 0.717) is 11.5 Å². The molecule has 1 aliphatic heterocycles. The predicted molar refractivity (Wildman–Crippen MR) is 107 cm³/mol. The molecule has 0 aliphatic carbocycles. The van der Waals surface area contributed by atoms with Crippen LogP contribution in [0, 0.1) is 0 Å². The molecular weight excluding hydrogens is 358 g/mol. The number of carbonyl (C=O) groups excluding carboxylic acids is 1. The quantitative estimate of drug-likeness (QED) is 0.539. The molecule has 0 saturated carbocycles. The van der Waals surface area contributed by atoms with E-state index < -0.39 is 0 Å². The molecule has 0 N–H and O–H groups in total. The van der Waals surface area contributed by atoms with Crippen molar-refractivity contribution in [2.45, 2.75) is 6.42 Å². The van der Waals surface area contributed by atoms with Gasteiger partial charge in [-0.15, -0.1) is 11.3 Å². The molecule has 0 bridgehead atoms. The Bertz CT molecular complexity index is 1230. The smallest absolute Gasteiger partial charge is 0.271 e. The third-order valence-corrected chi connectivity index (χ3v) is 5.72. The molecule has 3 heterocycles. The van der Waals surface area contributed by atoms with Gasteiger partial charge in [0.2, 0.25) is 0 Å². The molecule has 1 amide bonds. The Morgan fingerprint density at radius 2 is 1.81 bits per heavy atom. The summed E-state index contributed by atoms with van der Waals surface area (Å²) in [4.78, 5) is 32.9. The molecule has 4 aromatic rings. The van der Waals surface area contributed by atoms with Crippen LogP contribution in [0.4, 0.5) is 5.69 Å². The number of hydrogen-bond acceptors (Lipinski definition) is 4. The highest BCUT2D eigenvalue weighted by atomic mass is 32.1. The molecule has 27 heavy (non-hydrogen) atoms. The Labute approximate surface area is 159 Å². The first-order chi connectivity index (χ1) is 13.2. The van der Waals surface area contributed by atoms with Crippen molar-refractivity contribution in [2.24, 2.45) is 0 Å². The van der Waals surface area contributed by atoms with Gasteiger partial charge in [0.15, 0.2) is 4.96 Å². The second-order valence-electron chi connectivity index (χ2n) is 6.42. The second kappa shape index (κ2) is 6.17. The van der Waals surface area contributed by atoms with Crippen LogP contribution in [0.3, 0.4) is 0 Å². The zero-order chi connectivity index (χ0) is 18.4. The lowest BCUT2D eigenvalue weighted by atomic mass is 10.1. The molecule has 0 atom stereocenters. The zero-order valence-electron chi connectivity index (χ0n) is 14.3. The van der Waals surface area contributed by atoms with Crippen molar-refractivity contribution < 1.29 is 4.79 Å². The molecule has 0 radical (unpaired) electrons. The van der Waals surface area contributed by atoms with Gasteiger partial charge in [-0.3, -0.25) is 14.0 Å². The fourth-order valence-corrected chi connectivity index (χ4v) is 4.40. The highest BCUT2D eigenvalue weighted by Gasteiger charge is 2.28. The summed E-state index contributed by atoms with van der Waals surface area (Å²) in [7, 11) is 0. The van der Waals surface area contributed by atoms with Gasteiger partial charge in [-0.1, -0.05) is 48.5 Å². The minimum Gasteiger partial charge on any atom is -0.308 e. The SMILES string of the molecule is O=C(c1cnc2scc(-c3ccccc3)n2c1=O)N1CCc2ccccc21. The van der Waals surface area contributed by atoms with Gasteiger partial charge >= 0.3 is 0 Å². The summed E-state index contributed by atoms with van der Waals surface area (Å²) in [5.41, 5.74) is 3.45. The van der Waals surface area contributed by atoms with E-state index in [1.807, 2.05) is 60.0 Å². The van der Waals surface area contributed by atoms with Crippen LogP contribution >= 0.6 is 11.3 Å². The maximum absolute atomic E-state index is 13.2. The van der Waals surface area contributed by atoms with Crippen LogP contribution in [0.2, 0.25) is 0 Å². The maximum atomic E-state index is 13.2. The number of rotatable bonds is 2. The number of nitrogens with zero attached hydrogens (tertiary/aromatic N) is 3. The Morgan fingerprint density at radius 1 is 1.04 bits per heavy atom. The van der Waals surface area contributed by atoms with E-state index in [4.69, 9.17) is 0 Å². The van der Waals surface area contributed by atoms with Gasteiger partial charge < -0.3 is 4.90 Å². The van der Waals surface area contributed by atoms with Gasteiger partial charge in [0, 0.05) is 23.8 Å². The number of hydrogen-bond donors (Lipinski definition) is 0. The van der Waals surface area contributed by atoms with Crippen LogP contribution in [0.5, 0.6) is 0 Å². The van der Waals surface area contributed by atoms with E-state index in [1.54, 1.807) is 4.90 Å². The minimum absolute atomic E-state index is 0.0970. The summed E-state index contributed by atoms with van der Waals surface area (Å²) in [6.07, 6.45) is 2.21.